The number of carbonyl (C=O) groups excluding carboxylic acids is 1. The summed E-state index contributed by atoms with van der Waals surface area (Å²) in [6, 6.07) is 4.64. The van der Waals surface area contributed by atoms with Crippen LogP contribution >= 0.6 is 15.9 Å². The van der Waals surface area contributed by atoms with Crippen molar-refractivity contribution in [3.63, 3.8) is 0 Å². The van der Waals surface area contributed by atoms with Gasteiger partial charge in [0.2, 0.25) is 5.91 Å². The van der Waals surface area contributed by atoms with E-state index in [9.17, 15) is 9.18 Å². The third-order valence-corrected chi connectivity index (χ3v) is 3.79. The molecule has 1 aliphatic heterocycles. The second-order valence-electron chi connectivity index (χ2n) is 4.67. The number of hydrogen-bond acceptors (Lipinski definition) is 2. The van der Waals surface area contributed by atoms with Gasteiger partial charge in [-0.2, -0.15) is 0 Å². The van der Waals surface area contributed by atoms with Crippen molar-refractivity contribution >= 4 is 27.9 Å². The molecule has 1 atom stereocenters. The molecule has 1 aromatic rings. The summed E-state index contributed by atoms with van der Waals surface area (Å²) in [5, 5.41) is 0. The maximum absolute atomic E-state index is 13.5. The Kier molecular flexibility index (Phi) is 4.71. The topological polar surface area (TPSA) is 46.3 Å². The Bertz CT molecular complexity index is 504. The first-order valence-electron chi connectivity index (χ1n) is 6.22. The van der Waals surface area contributed by atoms with Crippen molar-refractivity contribution in [3.8, 4) is 0 Å². The number of nitrogens with zero attached hydrogens (tertiary/aromatic N) is 1. The summed E-state index contributed by atoms with van der Waals surface area (Å²) in [6.45, 7) is 2.03. The van der Waals surface area contributed by atoms with Gasteiger partial charge in [-0.05, 0) is 43.2 Å². The van der Waals surface area contributed by atoms with Crippen LogP contribution in [0.25, 0.3) is 6.08 Å². The molecule has 19 heavy (non-hydrogen) atoms. The largest absolute Gasteiger partial charge is 0.339 e. The number of amides is 1. The molecule has 0 aliphatic carbocycles. The van der Waals surface area contributed by atoms with Gasteiger partial charge in [-0.3, -0.25) is 4.79 Å². The molecule has 0 bridgehead atoms. The molecule has 5 heteroatoms. The number of likely N-dealkylation sites (tertiary alicyclic amines) is 1. The highest BCUT2D eigenvalue weighted by molar-refractivity contribution is 9.10. The van der Waals surface area contributed by atoms with Crippen LogP contribution in [-0.2, 0) is 4.79 Å². The van der Waals surface area contributed by atoms with Crippen molar-refractivity contribution in [2.75, 3.05) is 19.6 Å². The van der Waals surface area contributed by atoms with Crippen LogP contribution in [0.3, 0.4) is 0 Å². The lowest BCUT2D eigenvalue weighted by molar-refractivity contribution is -0.125. The second kappa shape index (κ2) is 6.30. The zero-order chi connectivity index (χ0) is 13.8. The van der Waals surface area contributed by atoms with Crippen LogP contribution < -0.4 is 5.73 Å². The van der Waals surface area contributed by atoms with E-state index in [1.165, 1.54) is 18.2 Å². The first-order chi connectivity index (χ1) is 9.10. The van der Waals surface area contributed by atoms with E-state index in [4.69, 9.17) is 5.73 Å². The average Bonchev–Trinajstić information content (AvgIpc) is 2.88. The molecule has 1 saturated heterocycles. The molecule has 1 fully saturated rings. The van der Waals surface area contributed by atoms with Crippen molar-refractivity contribution in [1.82, 2.24) is 4.90 Å². The van der Waals surface area contributed by atoms with Gasteiger partial charge < -0.3 is 10.6 Å². The standard InChI is InChI=1S/C14H16BrFN2O/c15-12-2-3-13(16)11(7-12)1-4-14(19)18-6-5-10(8-17)9-18/h1-4,7,10H,5-6,8-9,17H2. The lowest BCUT2D eigenvalue weighted by Gasteiger charge is -2.13. The quantitative estimate of drug-likeness (QED) is 0.867. The Balaban J connectivity index is 2.02. The zero-order valence-corrected chi connectivity index (χ0v) is 12.1. The molecule has 1 unspecified atom stereocenters. The first kappa shape index (κ1) is 14.2. The summed E-state index contributed by atoms with van der Waals surface area (Å²) < 4.78 is 14.3. The molecule has 3 nitrogen and oxygen atoms in total. The third-order valence-electron chi connectivity index (χ3n) is 3.29. The molecule has 0 aromatic heterocycles. The van der Waals surface area contributed by atoms with E-state index in [0.29, 0.717) is 24.6 Å². The van der Waals surface area contributed by atoms with E-state index >= 15 is 0 Å². The minimum absolute atomic E-state index is 0.0877. The molecule has 0 saturated carbocycles. The fraction of sp³-hybridized carbons (Fsp3) is 0.357. The van der Waals surface area contributed by atoms with E-state index < -0.39 is 0 Å². The molecule has 0 spiro atoms. The summed E-state index contributed by atoms with van der Waals surface area (Å²) >= 11 is 3.28. The predicted octanol–water partition coefficient (Wildman–Crippen LogP) is 2.41. The van der Waals surface area contributed by atoms with Crippen molar-refractivity contribution in [1.29, 1.82) is 0 Å². The molecule has 1 amide bonds. The van der Waals surface area contributed by atoms with Crippen molar-refractivity contribution in [3.05, 3.63) is 40.1 Å². The highest BCUT2D eigenvalue weighted by atomic mass is 79.9. The molecule has 0 radical (unpaired) electrons. The third kappa shape index (κ3) is 3.64. The number of halogens is 2. The van der Waals surface area contributed by atoms with Crippen LogP contribution in [0.2, 0.25) is 0 Å². The molecule has 1 aromatic carbocycles. The maximum Gasteiger partial charge on any atom is 0.246 e. The molecular weight excluding hydrogens is 311 g/mol. The highest BCUT2D eigenvalue weighted by Crippen LogP contribution is 2.18. The number of benzene rings is 1. The van der Waals surface area contributed by atoms with Gasteiger partial charge in [-0.25, -0.2) is 4.39 Å². The summed E-state index contributed by atoms with van der Waals surface area (Å²) in [5.74, 6) is -0.0382. The minimum Gasteiger partial charge on any atom is -0.339 e. The van der Waals surface area contributed by atoms with Gasteiger partial charge in [0.05, 0.1) is 0 Å². The Labute approximate surface area is 120 Å². The van der Waals surface area contributed by atoms with Crippen LogP contribution in [0.5, 0.6) is 0 Å². The van der Waals surface area contributed by atoms with E-state index in [-0.39, 0.29) is 11.7 Å². The second-order valence-corrected chi connectivity index (χ2v) is 5.59. The van der Waals surface area contributed by atoms with Crippen LogP contribution in [0, 0.1) is 11.7 Å². The smallest absolute Gasteiger partial charge is 0.246 e. The normalized spacial score (nSPS) is 19.3. The molecule has 1 aliphatic rings. The fourth-order valence-electron chi connectivity index (χ4n) is 2.13. The number of carbonyl (C=O) groups is 1. The number of hydrogen-bond donors (Lipinski definition) is 1. The van der Waals surface area contributed by atoms with Gasteiger partial charge in [-0.1, -0.05) is 15.9 Å². The Morgan fingerprint density at radius 3 is 3.05 bits per heavy atom. The van der Waals surface area contributed by atoms with Gasteiger partial charge in [0.15, 0.2) is 0 Å². The number of nitrogens with two attached hydrogens (primary N) is 1. The van der Waals surface area contributed by atoms with Crippen molar-refractivity contribution in [2.24, 2.45) is 11.7 Å². The SMILES string of the molecule is NCC1CCN(C(=O)C=Cc2cc(Br)ccc2F)C1. The van der Waals surface area contributed by atoms with Crippen LogP contribution in [0.15, 0.2) is 28.7 Å². The van der Waals surface area contributed by atoms with E-state index in [2.05, 4.69) is 15.9 Å². The fourth-order valence-corrected chi connectivity index (χ4v) is 2.51. The maximum atomic E-state index is 13.5. The summed E-state index contributed by atoms with van der Waals surface area (Å²) in [6.07, 6.45) is 3.88. The van der Waals surface area contributed by atoms with Crippen molar-refractivity contribution < 1.29 is 9.18 Å². The van der Waals surface area contributed by atoms with Gasteiger partial charge >= 0.3 is 0 Å². The summed E-state index contributed by atoms with van der Waals surface area (Å²) in [7, 11) is 0. The molecule has 2 N–H and O–H groups in total. The van der Waals surface area contributed by atoms with E-state index in [0.717, 1.165) is 17.4 Å². The monoisotopic (exact) mass is 326 g/mol. The van der Waals surface area contributed by atoms with E-state index in [1.54, 1.807) is 17.0 Å². The van der Waals surface area contributed by atoms with Crippen LogP contribution in [0.1, 0.15) is 12.0 Å². The zero-order valence-electron chi connectivity index (χ0n) is 10.5. The Hall–Kier alpha value is -1.20. The minimum atomic E-state index is -0.339. The Morgan fingerprint density at radius 2 is 2.37 bits per heavy atom. The van der Waals surface area contributed by atoms with Gasteiger partial charge in [0, 0.05) is 29.2 Å². The molecule has 2 rings (SSSR count). The highest BCUT2D eigenvalue weighted by Gasteiger charge is 2.23. The average molecular weight is 327 g/mol. The number of rotatable bonds is 3. The van der Waals surface area contributed by atoms with Crippen LogP contribution in [-0.4, -0.2) is 30.4 Å². The summed E-state index contributed by atoms with van der Waals surface area (Å²) in [5.41, 5.74) is 5.99. The molecule has 1 heterocycles. The van der Waals surface area contributed by atoms with Crippen LogP contribution in [0.4, 0.5) is 4.39 Å². The first-order valence-corrected chi connectivity index (χ1v) is 7.01. The van der Waals surface area contributed by atoms with Gasteiger partial charge in [0.25, 0.3) is 0 Å². The molecule has 102 valence electrons. The Morgan fingerprint density at radius 1 is 1.58 bits per heavy atom. The summed E-state index contributed by atoms with van der Waals surface area (Å²) in [4.78, 5) is 13.7. The van der Waals surface area contributed by atoms with Gasteiger partial charge in [0.1, 0.15) is 5.82 Å². The predicted molar refractivity (Wildman–Crippen MR) is 76.9 cm³/mol. The lowest BCUT2D eigenvalue weighted by atomic mass is 10.1. The van der Waals surface area contributed by atoms with Gasteiger partial charge in [-0.15, -0.1) is 0 Å². The van der Waals surface area contributed by atoms with E-state index in [1.807, 2.05) is 0 Å². The van der Waals surface area contributed by atoms with Crippen molar-refractivity contribution in [2.45, 2.75) is 6.42 Å². The lowest BCUT2D eigenvalue weighted by Crippen LogP contribution is -2.28. The molecular formula is C14H16BrFN2O.